The molecular formula is C25H27F5N8O2. The van der Waals surface area contributed by atoms with Crippen LogP contribution in [0.15, 0.2) is 41.3 Å². The van der Waals surface area contributed by atoms with E-state index in [1.807, 2.05) is 11.9 Å². The first-order chi connectivity index (χ1) is 19.1. The van der Waals surface area contributed by atoms with Crippen molar-refractivity contribution in [3.8, 4) is 11.5 Å². The van der Waals surface area contributed by atoms with Gasteiger partial charge in [-0.2, -0.15) is 18.2 Å². The third-order valence-electron chi connectivity index (χ3n) is 6.67. The van der Waals surface area contributed by atoms with E-state index in [1.54, 1.807) is 18.2 Å². The van der Waals surface area contributed by atoms with Gasteiger partial charge in [-0.25, -0.2) is 13.8 Å². The number of hydrogen-bond acceptors (Lipinski definition) is 7. The molecule has 0 saturated carbocycles. The van der Waals surface area contributed by atoms with Gasteiger partial charge in [-0.05, 0) is 31.7 Å². The number of halogens is 5. The lowest BCUT2D eigenvalue weighted by atomic mass is 10.0. The smallest absolute Gasteiger partial charge is 0.379 e. The molecule has 2 unspecified atom stereocenters. The highest BCUT2D eigenvalue weighted by atomic mass is 19.4. The molecule has 1 amide bonds. The molecule has 15 heteroatoms. The minimum absolute atomic E-state index is 0.0414. The average Bonchev–Trinajstić information content (AvgIpc) is 3.63. The lowest BCUT2D eigenvalue weighted by molar-refractivity contribution is -0.139. The quantitative estimate of drug-likeness (QED) is 0.297. The summed E-state index contributed by atoms with van der Waals surface area (Å²) in [7, 11) is 1.83. The minimum Gasteiger partial charge on any atom is -0.379 e. The number of aryl methyl sites for hydroxylation is 1. The maximum absolute atomic E-state index is 14.7. The fourth-order valence-corrected chi connectivity index (χ4v) is 4.74. The second kappa shape index (κ2) is 11.2. The summed E-state index contributed by atoms with van der Waals surface area (Å²) in [5.74, 6) is -0.717. The molecule has 2 atom stereocenters. The fraction of sp³-hybridized carbons (Fsp3) is 0.440. The number of nitrogens with one attached hydrogen (secondary N) is 2. The average molecular weight is 567 g/mol. The number of carbonyl (C=O) groups excluding carboxylic acids is 1. The molecule has 1 aliphatic heterocycles. The first kappa shape index (κ1) is 27.6. The van der Waals surface area contributed by atoms with Crippen molar-refractivity contribution in [2.45, 2.75) is 44.4 Å². The highest BCUT2D eigenvalue weighted by Crippen LogP contribution is 2.35. The van der Waals surface area contributed by atoms with Crippen LogP contribution >= 0.6 is 0 Å². The number of aromatic nitrogens is 5. The van der Waals surface area contributed by atoms with E-state index in [1.165, 1.54) is 23.2 Å². The number of anilines is 1. The van der Waals surface area contributed by atoms with Crippen molar-refractivity contribution in [3.63, 3.8) is 0 Å². The van der Waals surface area contributed by atoms with Crippen molar-refractivity contribution in [1.82, 2.24) is 34.5 Å². The molecule has 10 nitrogen and oxygen atoms in total. The zero-order chi connectivity index (χ0) is 28.4. The summed E-state index contributed by atoms with van der Waals surface area (Å²) in [6.45, 7) is -1.12. The van der Waals surface area contributed by atoms with Crippen LogP contribution in [0.1, 0.15) is 22.8 Å². The third-order valence-corrected chi connectivity index (χ3v) is 6.67. The molecule has 1 aromatic carbocycles. The first-order valence-electron chi connectivity index (χ1n) is 12.6. The van der Waals surface area contributed by atoms with Gasteiger partial charge in [0, 0.05) is 30.4 Å². The van der Waals surface area contributed by atoms with Gasteiger partial charge in [-0.15, -0.1) is 0 Å². The SMILES string of the molecule is CN1CCC(Nc2cccc3c2cc(-c2noc(CNC(=O)c4cn(CCF)cn4)n2)n3CC(F)(F)F)C(F)C1. The van der Waals surface area contributed by atoms with Crippen LogP contribution in [0.5, 0.6) is 0 Å². The Morgan fingerprint density at radius 3 is 2.85 bits per heavy atom. The molecule has 1 aliphatic rings. The standard InChI is InChI=1S/C25H27F5N8O2/c1-36-7-5-18(16(27)11-36)33-17-3-2-4-20-15(17)9-21(38(20)13-25(28,29)30)23-34-22(40-35-23)10-31-24(39)19-12-37(8-6-26)14-32-19/h2-4,9,12,14,16,18,33H,5-8,10-11,13H2,1H3,(H,31,39). The predicted octanol–water partition coefficient (Wildman–Crippen LogP) is 3.80. The predicted molar refractivity (Wildman–Crippen MR) is 135 cm³/mol. The number of fused-ring (bicyclic) bond motifs is 1. The molecule has 4 heterocycles. The normalized spacial score (nSPS) is 18.4. The van der Waals surface area contributed by atoms with E-state index in [2.05, 4.69) is 25.8 Å². The Morgan fingerprint density at radius 2 is 2.10 bits per heavy atom. The van der Waals surface area contributed by atoms with Crippen molar-refractivity contribution < 1.29 is 31.3 Å². The van der Waals surface area contributed by atoms with E-state index in [-0.39, 0.29) is 48.3 Å². The number of piperidine rings is 1. The third kappa shape index (κ3) is 6.08. The number of imidazole rings is 1. The second-order valence-electron chi connectivity index (χ2n) is 9.67. The lowest BCUT2D eigenvalue weighted by Crippen LogP contribution is -2.46. The van der Waals surface area contributed by atoms with Gasteiger partial charge in [0.1, 0.15) is 25.1 Å². The molecule has 40 heavy (non-hydrogen) atoms. The number of rotatable bonds is 9. The van der Waals surface area contributed by atoms with Crippen molar-refractivity contribution in [2.24, 2.45) is 0 Å². The maximum Gasteiger partial charge on any atom is 0.406 e. The van der Waals surface area contributed by atoms with Crippen molar-refractivity contribution >= 4 is 22.5 Å². The van der Waals surface area contributed by atoms with Crippen molar-refractivity contribution in [1.29, 1.82) is 0 Å². The van der Waals surface area contributed by atoms with Gasteiger partial charge in [0.15, 0.2) is 0 Å². The van der Waals surface area contributed by atoms with Crippen LogP contribution < -0.4 is 10.6 Å². The Morgan fingerprint density at radius 1 is 1.27 bits per heavy atom. The minimum atomic E-state index is -4.55. The Hall–Kier alpha value is -4.01. The van der Waals surface area contributed by atoms with Crippen LogP contribution in [-0.2, 0) is 19.6 Å². The van der Waals surface area contributed by atoms with E-state index in [0.717, 1.165) is 4.57 Å². The van der Waals surface area contributed by atoms with Crippen LogP contribution in [0.2, 0.25) is 0 Å². The monoisotopic (exact) mass is 566 g/mol. The first-order valence-corrected chi connectivity index (χ1v) is 12.6. The molecule has 4 aromatic rings. The van der Waals surface area contributed by atoms with Crippen LogP contribution in [0.3, 0.4) is 0 Å². The van der Waals surface area contributed by atoms with Crippen LogP contribution in [0.25, 0.3) is 22.4 Å². The van der Waals surface area contributed by atoms with E-state index < -0.39 is 37.5 Å². The van der Waals surface area contributed by atoms with Crippen molar-refractivity contribution in [2.75, 3.05) is 32.1 Å². The van der Waals surface area contributed by atoms with E-state index >= 15 is 0 Å². The number of benzene rings is 1. The summed E-state index contributed by atoms with van der Waals surface area (Å²) < 4.78 is 75.6. The Bertz CT molecular complexity index is 1480. The Balaban J connectivity index is 1.40. The number of alkyl halides is 5. The van der Waals surface area contributed by atoms with Crippen LogP contribution in [0, 0.1) is 0 Å². The molecule has 3 aromatic heterocycles. The van der Waals surface area contributed by atoms with Gasteiger partial charge in [-0.1, -0.05) is 11.2 Å². The number of carbonyl (C=O) groups is 1. The van der Waals surface area contributed by atoms with Crippen LogP contribution in [-0.4, -0.2) is 80.3 Å². The van der Waals surface area contributed by atoms with Gasteiger partial charge >= 0.3 is 6.18 Å². The zero-order valence-electron chi connectivity index (χ0n) is 21.5. The van der Waals surface area contributed by atoms with Crippen molar-refractivity contribution in [3.05, 3.63) is 48.4 Å². The second-order valence-corrected chi connectivity index (χ2v) is 9.67. The molecule has 1 fully saturated rings. The molecule has 0 spiro atoms. The summed E-state index contributed by atoms with van der Waals surface area (Å²) in [6, 6.07) is 5.87. The summed E-state index contributed by atoms with van der Waals surface area (Å²) in [5.41, 5.74) is 0.871. The highest BCUT2D eigenvalue weighted by molar-refractivity contribution is 5.96. The molecule has 0 radical (unpaired) electrons. The molecule has 5 rings (SSSR count). The molecule has 1 saturated heterocycles. The Labute approximate surface area is 225 Å². The van der Waals surface area contributed by atoms with Crippen LogP contribution in [0.4, 0.5) is 27.6 Å². The number of hydrogen-bond donors (Lipinski definition) is 2. The Kier molecular flexibility index (Phi) is 7.74. The van der Waals surface area contributed by atoms with Gasteiger partial charge < -0.3 is 29.2 Å². The number of likely N-dealkylation sites (tertiary alicyclic amines) is 1. The van der Waals surface area contributed by atoms with E-state index in [0.29, 0.717) is 24.0 Å². The fourth-order valence-electron chi connectivity index (χ4n) is 4.74. The highest BCUT2D eigenvalue weighted by Gasteiger charge is 2.32. The topological polar surface area (TPSA) is 106 Å². The lowest BCUT2D eigenvalue weighted by Gasteiger charge is -2.33. The molecular weight excluding hydrogens is 539 g/mol. The summed E-state index contributed by atoms with van der Waals surface area (Å²) in [6.07, 6.45) is -2.44. The summed E-state index contributed by atoms with van der Waals surface area (Å²) in [5, 5.41) is 10.0. The van der Waals surface area contributed by atoms with Gasteiger partial charge in [0.25, 0.3) is 5.91 Å². The molecule has 0 bridgehead atoms. The molecule has 0 aliphatic carbocycles. The molecule has 214 valence electrons. The maximum atomic E-state index is 14.7. The number of amides is 1. The summed E-state index contributed by atoms with van der Waals surface area (Å²) >= 11 is 0. The summed E-state index contributed by atoms with van der Waals surface area (Å²) in [4.78, 5) is 22.3. The zero-order valence-corrected chi connectivity index (χ0v) is 21.5. The van der Waals surface area contributed by atoms with E-state index in [9.17, 15) is 26.7 Å². The largest absolute Gasteiger partial charge is 0.406 e. The number of nitrogens with zero attached hydrogens (tertiary/aromatic N) is 6. The van der Waals surface area contributed by atoms with E-state index in [4.69, 9.17) is 4.52 Å². The van der Waals surface area contributed by atoms with Gasteiger partial charge in [0.05, 0.1) is 36.7 Å². The molecule has 2 N–H and O–H groups in total. The van der Waals surface area contributed by atoms with Gasteiger partial charge in [-0.3, -0.25) is 4.79 Å². The van der Waals surface area contributed by atoms with Gasteiger partial charge in [0.2, 0.25) is 11.7 Å².